The van der Waals surface area contributed by atoms with E-state index in [9.17, 15) is 4.79 Å². The van der Waals surface area contributed by atoms with Crippen molar-refractivity contribution in [2.24, 2.45) is 0 Å². The van der Waals surface area contributed by atoms with Crippen LogP contribution in [0.15, 0.2) is 66.7 Å². The van der Waals surface area contributed by atoms with Crippen molar-refractivity contribution in [3.63, 3.8) is 0 Å². The van der Waals surface area contributed by atoms with Crippen LogP contribution in [0.2, 0.25) is 10.0 Å². The van der Waals surface area contributed by atoms with Gasteiger partial charge in [-0.05, 0) is 48.5 Å². The van der Waals surface area contributed by atoms with E-state index in [2.05, 4.69) is 20.8 Å². The Morgan fingerprint density at radius 2 is 1.75 bits per heavy atom. The molecule has 1 aliphatic rings. The van der Waals surface area contributed by atoms with E-state index in [1.54, 1.807) is 36.4 Å². The summed E-state index contributed by atoms with van der Waals surface area (Å²) in [6, 6.07) is 19.7. The number of amides is 1. The van der Waals surface area contributed by atoms with E-state index in [-0.39, 0.29) is 12.5 Å². The van der Waals surface area contributed by atoms with Crippen molar-refractivity contribution < 1.29 is 19.0 Å². The first-order valence-corrected chi connectivity index (χ1v) is 12.6. The van der Waals surface area contributed by atoms with E-state index in [4.69, 9.17) is 37.4 Å². The van der Waals surface area contributed by atoms with Gasteiger partial charge in [-0.3, -0.25) is 4.79 Å². The summed E-state index contributed by atoms with van der Waals surface area (Å²) in [6.07, 6.45) is -0.406. The average Bonchev–Trinajstić information content (AvgIpc) is 3.58. The zero-order valence-electron chi connectivity index (χ0n) is 18.7. The molecule has 2 N–H and O–H groups in total. The second-order valence-corrected chi connectivity index (χ2v) is 9.50. The molecule has 1 aliphatic heterocycles. The van der Waals surface area contributed by atoms with Gasteiger partial charge in [0.25, 0.3) is 5.91 Å². The van der Waals surface area contributed by atoms with Crippen molar-refractivity contribution in [1.29, 1.82) is 0 Å². The highest BCUT2D eigenvalue weighted by Gasteiger charge is 2.17. The lowest BCUT2D eigenvalue weighted by atomic mass is 10.2. The van der Waals surface area contributed by atoms with Crippen molar-refractivity contribution in [2.45, 2.75) is 6.29 Å². The molecule has 36 heavy (non-hydrogen) atoms. The van der Waals surface area contributed by atoms with Gasteiger partial charge in [-0.25, -0.2) is 0 Å². The van der Waals surface area contributed by atoms with Crippen molar-refractivity contribution in [3.8, 4) is 22.1 Å². The monoisotopic (exact) mass is 542 g/mol. The maximum absolute atomic E-state index is 12.5. The summed E-state index contributed by atoms with van der Waals surface area (Å²) in [5.74, 6) is 0.906. The number of nitrogens with zero attached hydrogens (tertiary/aromatic N) is 2. The predicted octanol–water partition coefficient (Wildman–Crippen LogP) is 6.15. The molecule has 4 aromatic rings. The Bertz CT molecular complexity index is 1380. The van der Waals surface area contributed by atoms with Gasteiger partial charge in [0.05, 0.1) is 29.8 Å². The minimum absolute atomic E-state index is 0.232. The fraction of sp³-hybridized carbons (Fsp3) is 0.160. The lowest BCUT2D eigenvalue weighted by molar-refractivity contribution is -0.0379. The van der Waals surface area contributed by atoms with Crippen LogP contribution in [0.1, 0.15) is 10.4 Å². The number of nitrogens with one attached hydrogen (secondary N) is 2. The third-order valence-corrected chi connectivity index (χ3v) is 6.76. The molecule has 0 saturated carbocycles. The van der Waals surface area contributed by atoms with Gasteiger partial charge >= 0.3 is 0 Å². The van der Waals surface area contributed by atoms with Gasteiger partial charge in [0.1, 0.15) is 16.5 Å². The first-order chi connectivity index (χ1) is 17.5. The molecule has 5 rings (SSSR count). The third-order valence-electron chi connectivity index (χ3n) is 5.13. The smallest absolute Gasteiger partial charge is 0.251 e. The minimum atomic E-state index is -0.406. The van der Waals surface area contributed by atoms with Crippen molar-refractivity contribution in [1.82, 2.24) is 15.5 Å². The molecular formula is C25H20Cl2N4O4S. The lowest BCUT2D eigenvalue weighted by Crippen LogP contribution is -2.32. The molecule has 0 spiro atoms. The number of anilines is 2. The van der Waals surface area contributed by atoms with Crippen molar-refractivity contribution in [3.05, 3.63) is 82.3 Å². The maximum Gasteiger partial charge on any atom is 0.251 e. The minimum Gasteiger partial charge on any atom is -0.457 e. The van der Waals surface area contributed by atoms with Crippen LogP contribution in [0.25, 0.3) is 10.6 Å². The van der Waals surface area contributed by atoms with Gasteiger partial charge in [0.2, 0.25) is 5.13 Å². The highest BCUT2D eigenvalue weighted by atomic mass is 35.5. The SMILES string of the molecule is O=C(NCC1OCCO1)c1cccc(Oc2cccc(-c3nnc(Nc4ccc(Cl)c(Cl)c4)s3)c2)c1. The van der Waals surface area contributed by atoms with Crippen LogP contribution in [0, 0.1) is 0 Å². The highest BCUT2D eigenvalue weighted by Crippen LogP contribution is 2.33. The van der Waals surface area contributed by atoms with Gasteiger partial charge in [-0.15, -0.1) is 10.2 Å². The van der Waals surface area contributed by atoms with Crippen LogP contribution in [-0.2, 0) is 9.47 Å². The van der Waals surface area contributed by atoms with Crippen LogP contribution >= 0.6 is 34.5 Å². The Balaban J connectivity index is 1.24. The standard InChI is InChI=1S/C25H20Cl2N4O4S/c26-20-8-7-17(13-21(20)27)29-25-31-30-24(36-25)16-4-2-6-19(12-16)35-18-5-1-3-15(11-18)23(32)28-14-22-33-9-10-34-22/h1-8,11-13,22H,9-10,14H2,(H,28,32)(H,29,31). The number of benzene rings is 3. The number of aromatic nitrogens is 2. The molecule has 1 aromatic heterocycles. The molecule has 0 atom stereocenters. The second kappa shape index (κ2) is 11.2. The maximum atomic E-state index is 12.5. The Labute approximate surface area is 221 Å². The first-order valence-electron chi connectivity index (χ1n) is 11.0. The lowest BCUT2D eigenvalue weighted by Gasteiger charge is -2.11. The third kappa shape index (κ3) is 6.13. The van der Waals surface area contributed by atoms with E-state index in [1.165, 1.54) is 11.3 Å². The highest BCUT2D eigenvalue weighted by molar-refractivity contribution is 7.18. The molecule has 11 heteroatoms. The van der Waals surface area contributed by atoms with Crippen molar-refractivity contribution in [2.75, 3.05) is 25.1 Å². The number of rotatable bonds is 8. The molecular weight excluding hydrogens is 523 g/mol. The Kier molecular flexibility index (Phi) is 7.64. The summed E-state index contributed by atoms with van der Waals surface area (Å²) in [4.78, 5) is 12.5. The van der Waals surface area contributed by atoms with Gasteiger partial charge in [-0.2, -0.15) is 0 Å². The molecule has 3 aromatic carbocycles. The van der Waals surface area contributed by atoms with Crippen LogP contribution in [0.5, 0.6) is 11.5 Å². The number of ether oxygens (including phenoxy) is 3. The average molecular weight is 543 g/mol. The summed E-state index contributed by atoms with van der Waals surface area (Å²) >= 11 is 13.5. The van der Waals surface area contributed by atoms with Crippen LogP contribution in [-0.4, -0.2) is 42.2 Å². The Morgan fingerprint density at radius 3 is 2.56 bits per heavy atom. The number of hydrogen-bond acceptors (Lipinski definition) is 8. The molecule has 8 nitrogen and oxygen atoms in total. The normalized spacial score (nSPS) is 13.5. The summed E-state index contributed by atoms with van der Waals surface area (Å²) in [5.41, 5.74) is 2.08. The quantitative estimate of drug-likeness (QED) is 0.275. The second-order valence-electron chi connectivity index (χ2n) is 7.71. The fourth-order valence-electron chi connectivity index (χ4n) is 3.42. The molecule has 0 bridgehead atoms. The van der Waals surface area contributed by atoms with Gasteiger partial charge < -0.3 is 24.8 Å². The topological polar surface area (TPSA) is 94.6 Å². The Morgan fingerprint density at radius 1 is 0.972 bits per heavy atom. The van der Waals surface area contributed by atoms with Crippen LogP contribution in [0.4, 0.5) is 10.8 Å². The van der Waals surface area contributed by atoms with Gasteiger partial charge in [0.15, 0.2) is 6.29 Å². The Hall–Kier alpha value is -3.21. The molecule has 1 saturated heterocycles. The first kappa shape index (κ1) is 24.5. The zero-order chi connectivity index (χ0) is 24.9. The van der Waals surface area contributed by atoms with E-state index >= 15 is 0 Å². The number of carbonyl (C=O) groups excluding carboxylic acids is 1. The molecule has 1 fully saturated rings. The molecule has 0 radical (unpaired) electrons. The van der Waals surface area contributed by atoms with Gasteiger partial charge in [0, 0.05) is 16.8 Å². The van der Waals surface area contributed by atoms with E-state index in [0.29, 0.717) is 50.5 Å². The number of hydrogen-bond donors (Lipinski definition) is 2. The van der Waals surface area contributed by atoms with Crippen LogP contribution in [0.3, 0.4) is 0 Å². The van der Waals surface area contributed by atoms with E-state index in [1.807, 2.05) is 30.3 Å². The fourth-order valence-corrected chi connectivity index (χ4v) is 4.48. The zero-order valence-corrected chi connectivity index (χ0v) is 21.1. The molecule has 0 unspecified atom stereocenters. The summed E-state index contributed by atoms with van der Waals surface area (Å²) in [5, 5.41) is 16.7. The summed E-state index contributed by atoms with van der Waals surface area (Å²) in [7, 11) is 0. The molecule has 2 heterocycles. The number of carbonyl (C=O) groups is 1. The number of halogens is 2. The molecule has 184 valence electrons. The largest absolute Gasteiger partial charge is 0.457 e. The van der Waals surface area contributed by atoms with Crippen LogP contribution < -0.4 is 15.4 Å². The molecule has 0 aliphatic carbocycles. The summed E-state index contributed by atoms with van der Waals surface area (Å²) in [6.45, 7) is 1.36. The van der Waals surface area contributed by atoms with E-state index < -0.39 is 6.29 Å². The predicted molar refractivity (Wildman–Crippen MR) is 140 cm³/mol. The van der Waals surface area contributed by atoms with Crippen molar-refractivity contribution >= 4 is 51.3 Å². The summed E-state index contributed by atoms with van der Waals surface area (Å²) < 4.78 is 16.7. The van der Waals surface area contributed by atoms with Gasteiger partial charge in [-0.1, -0.05) is 52.7 Å². The molecule has 1 amide bonds. The van der Waals surface area contributed by atoms with E-state index in [0.717, 1.165) is 11.3 Å².